The predicted molar refractivity (Wildman–Crippen MR) is 82.0 cm³/mol. The second-order valence-corrected chi connectivity index (χ2v) is 5.22. The molecule has 21 heavy (non-hydrogen) atoms. The third-order valence-corrected chi connectivity index (χ3v) is 3.90. The van der Waals surface area contributed by atoms with Gasteiger partial charge in [-0.1, -0.05) is 30.3 Å². The first-order valence-corrected chi connectivity index (χ1v) is 7.07. The first kappa shape index (κ1) is 13.6. The fraction of sp³-hybridized carbons (Fsp3) is 0.235. The van der Waals surface area contributed by atoms with Gasteiger partial charge in [-0.2, -0.15) is 0 Å². The van der Waals surface area contributed by atoms with Crippen LogP contribution in [0.4, 0.5) is 15.8 Å². The molecule has 1 N–H and O–H groups in total. The molecule has 2 aromatic rings. The number of rotatable bonds is 3. The van der Waals surface area contributed by atoms with Crippen molar-refractivity contribution in [2.24, 2.45) is 0 Å². The van der Waals surface area contributed by atoms with Gasteiger partial charge in [-0.15, -0.1) is 0 Å². The molecule has 1 atom stereocenters. The number of benzene rings is 2. The number of amides is 1. The molecule has 0 bridgehead atoms. The Kier molecular flexibility index (Phi) is 3.60. The van der Waals surface area contributed by atoms with Gasteiger partial charge in [-0.3, -0.25) is 4.79 Å². The number of hydrogen-bond donors (Lipinski definition) is 1. The lowest BCUT2D eigenvalue weighted by Crippen LogP contribution is -2.41. The molecule has 0 aromatic heterocycles. The zero-order valence-electron chi connectivity index (χ0n) is 11.8. The summed E-state index contributed by atoms with van der Waals surface area (Å²) in [4.78, 5) is 14.4. The number of anilines is 2. The normalized spacial score (nSPS) is 14.7. The number of fused-ring (bicyclic) bond motifs is 1. The van der Waals surface area contributed by atoms with E-state index in [0.717, 1.165) is 18.7 Å². The third-order valence-electron chi connectivity index (χ3n) is 3.90. The van der Waals surface area contributed by atoms with Crippen molar-refractivity contribution in [3.05, 3.63) is 59.9 Å². The maximum absolute atomic E-state index is 13.6. The first-order valence-electron chi connectivity index (χ1n) is 7.07. The number of para-hydroxylation sites is 2. The topological polar surface area (TPSA) is 32.3 Å². The number of carbonyl (C=O) groups is 1. The quantitative estimate of drug-likeness (QED) is 0.938. The lowest BCUT2D eigenvalue weighted by Gasteiger charge is -2.26. The van der Waals surface area contributed by atoms with Crippen molar-refractivity contribution >= 4 is 17.3 Å². The Morgan fingerprint density at radius 1 is 1.19 bits per heavy atom. The molecule has 0 radical (unpaired) electrons. The molecule has 4 heteroatoms. The van der Waals surface area contributed by atoms with Gasteiger partial charge in [-0.25, -0.2) is 4.39 Å². The minimum atomic E-state index is -0.417. The van der Waals surface area contributed by atoms with E-state index in [4.69, 9.17) is 0 Å². The van der Waals surface area contributed by atoms with E-state index in [-0.39, 0.29) is 17.6 Å². The molecular formula is C17H17FN2O. The van der Waals surface area contributed by atoms with Crippen LogP contribution in [-0.2, 0) is 11.2 Å². The summed E-state index contributed by atoms with van der Waals surface area (Å²) in [6.45, 7) is 2.66. The van der Waals surface area contributed by atoms with Gasteiger partial charge in [0.05, 0.1) is 5.69 Å². The fourth-order valence-electron chi connectivity index (χ4n) is 2.71. The summed E-state index contributed by atoms with van der Waals surface area (Å²) in [5.74, 6) is -0.614. The van der Waals surface area contributed by atoms with E-state index < -0.39 is 5.82 Å². The van der Waals surface area contributed by atoms with Crippen molar-refractivity contribution in [2.45, 2.75) is 19.4 Å². The maximum atomic E-state index is 13.6. The van der Waals surface area contributed by atoms with Crippen LogP contribution < -0.4 is 10.2 Å². The van der Waals surface area contributed by atoms with Crippen LogP contribution in [0.5, 0.6) is 0 Å². The molecule has 1 amide bonds. The summed E-state index contributed by atoms with van der Waals surface area (Å²) >= 11 is 0. The van der Waals surface area contributed by atoms with Crippen molar-refractivity contribution in [1.82, 2.24) is 0 Å². The van der Waals surface area contributed by atoms with Gasteiger partial charge in [0.15, 0.2) is 0 Å². The molecule has 1 heterocycles. The smallest absolute Gasteiger partial charge is 0.246 e. The summed E-state index contributed by atoms with van der Waals surface area (Å²) in [5, 5.41) is 2.66. The third kappa shape index (κ3) is 2.61. The summed E-state index contributed by atoms with van der Waals surface area (Å²) in [6.07, 6.45) is 0.938. The van der Waals surface area contributed by atoms with Crippen LogP contribution in [0.3, 0.4) is 0 Å². The molecule has 0 unspecified atom stereocenters. The Morgan fingerprint density at radius 3 is 2.71 bits per heavy atom. The molecule has 3 nitrogen and oxygen atoms in total. The average molecular weight is 284 g/mol. The number of hydrogen-bond acceptors (Lipinski definition) is 2. The van der Waals surface area contributed by atoms with E-state index in [1.807, 2.05) is 25.1 Å². The van der Waals surface area contributed by atoms with Crippen LogP contribution in [0.2, 0.25) is 0 Å². The zero-order valence-corrected chi connectivity index (χ0v) is 11.8. The maximum Gasteiger partial charge on any atom is 0.246 e. The van der Waals surface area contributed by atoms with Gasteiger partial charge < -0.3 is 10.2 Å². The lowest BCUT2D eigenvalue weighted by molar-refractivity contribution is -0.117. The minimum Gasteiger partial charge on any atom is -0.359 e. The van der Waals surface area contributed by atoms with Crippen LogP contribution in [0.25, 0.3) is 0 Å². The van der Waals surface area contributed by atoms with Crippen molar-refractivity contribution in [3.8, 4) is 0 Å². The van der Waals surface area contributed by atoms with Crippen molar-refractivity contribution in [3.63, 3.8) is 0 Å². The number of carbonyl (C=O) groups excluding carboxylic acids is 1. The Balaban J connectivity index is 1.76. The zero-order chi connectivity index (χ0) is 14.8. The minimum absolute atomic E-state index is 0.197. The van der Waals surface area contributed by atoms with Gasteiger partial charge in [0, 0.05) is 12.2 Å². The standard InChI is InChI=1S/C17H17FN2O/c1-12(17(21)19-15-8-4-3-7-14(15)18)20-11-10-13-6-2-5-9-16(13)20/h2-9,12H,10-11H2,1H3,(H,19,21)/t12-/m0/s1. The molecular weight excluding hydrogens is 267 g/mol. The second-order valence-electron chi connectivity index (χ2n) is 5.22. The van der Waals surface area contributed by atoms with Gasteiger partial charge >= 0.3 is 0 Å². The second kappa shape index (κ2) is 5.56. The summed E-state index contributed by atoms with van der Waals surface area (Å²) in [5.41, 5.74) is 2.57. The van der Waals surface area contributed by atoms with E-state index in [1.165, 1.54) is 11.6 Å². The molecule has 0 fully saturated rings. The highest BCUT2D eigenvalue weighted by Crippen LogP contribution is 2.29. The highest BCUT2D eigenvalue weighted by atomic mass is 19.1. The predicted octanol–water partition coefficient (Wildman–Crippen LogP) is 3.22. The Labute approximate surface area is 123 Å². The molecule has 108 valence electrons. The molecule has 1 aliphatic heterocycles. The molecule has 3 rings (SSSR count). The molecule has 2 aromatic carbocycles. The van der Waals surface area contributed by atoms with E-state index in [2.05, 4.69) is 16.3 Å². The Morgan fingerprint density at radius 2 is 1.90 bits per heavy atom. The van der Waals surface area contributed by atoms with Crippen molar-refractivity contribution < 1.29 is 9.18 Å². The Bertz CT molecular complexity index is 671. The van der Waals surface area contributed by atoms with Gasteiger partial charge in [0.25, 0.3) is 0 Å². The van der Waals surface area contributed by atoms with E-state index >= 15 is 0 Å². The highest BCUT2D eigenvalue weighted by Gasteiger charge is 2.27. The van der Waals surface area contributed by atoms with Crippen LogP contribution in [0.15, 0.2) is 48.5 Å². The van der Waals surface area contributed by atoms with Crippen molar-refractivity contribution in [2.75, 3.05) is 16.8 Å². The average Bonchev–Trinajstić information content (AvgIpc) is 2.92. The monoisotopic (exact) mass is 284 g/mol. The van der Waals surface area contributed by atoms with Gasteiger partial charge in [-0.05, 0) is 37.1 Å². The number of nitrogens with zero attached hydrogens (tertiary/aromatic N) is 1. The summed E-state index contributed by atoms with van der Waals surface area (Å²) < 4.78 is 13.6. The van der Waals surface area contributed by atoms with Crippen molar-refractivity contribution in [1.29, 1.82) is 0 Å². The highest BCUT2D eigenvalue weighted by molar-refractivity contribution is 5.97. The number of nitrogens with one attached hydrogen (secondary N) is 1. The van der Waals surface area contributed by atoms with Crippen LogP contribution in [0.1, 0.15) is 12.5 Å². The summed E-state index contributed by atoms with van der Waals surface area (Å²) in [7, 11) is 0. The van der Waals surface area contributed by atoms with Crippen LogP contribution in [0, 0.1) is 5.82 Å². The van der Waals surface area contributed by atoms with Gasteiger partial charge in [0.1, 0.15) is 11.9 Å². The van der Waals surface area contributed by atoms with E-state index in [9.17, 15) is 9.18 Å². The fourth-order valence-corrected chi connectivity index (χ4v) is 2.71. The number of halogens is 1. The summed E-state index contributed by atoms with van der Waals surface area (Å²) in [6, 6.07) is 14.0. The molecule has 0 saturated carbocycles. The first-order chi connectivity index (χ1) is 10.2. The van der Waals surface area contributed by atoms with E-state index in [0.29, 0.717) is 0 Å². The SMILES string of the molecule is C[C@@H](C(=O)Nc1ccccc1F)N1CCc2ccccc21. The Hall–Kier alpha value is -2.36. The molecule has 0 aliphatic carbocycles. The van der Waals surface area contributed by atoms with Crippen LogP contribution >= 0.6 is 0 Å². The van der Waals surface area contributed by atoms with Crippen LogP contribution in [-0.4, -0.2) is 18.5 Å². The molecule has 0 spiro atoms. The lowest BCUT2D eigenvalue weighted by atomic mass is 10.1. The molecule has 1 aliphatic rings. The van der Waals surface area contributed by atoms with E-state index in [1.54, 1.807) is 18.2 Å². The largest absolute Gasteiger partial charge is 0.359 e. The molecule has 0 saturated heterocycles. The van der Waals surface area contributed by atoms with Gasteiger partial charge in [0.2, 0.25) is 5.91 Å².